The molecule has 1 aromatic carbocycles. The van der Waals surface area contributed by atoms with Crippen molar-refractivity contribution in [2.45, 2.75) is 13.8 Å². The van der Waals surface area contributed by atoms with E-state index < -0.39 is 0 Å². The summed E-state index contributed by atoms with van der Waals surface area (Å²) in [5.41, 5.74) is 1.68. The zero-order valence-corrected chi connectivity index (χ0v) is 8.65. The van der Waals surface area contributed by atoms with E-state index in [0.29, 0.717) is 5.75 Å². The molecular formula is C12H11NO2. The molecule has 0 aliphatic carbocycles. The summed E-state index contributed by atoms with van der Waals surface area (Å²) < 4.78 is 5.13. The number of para-hydroxylation sites is 1. The average Bonchev–Trinajstić information content (AvgIpc) is 2.16. The molecule has 1 aromatic heterocycles. The van der Waals surface area contributed by atoms with E-state index in [1.54, 1.807) is 6.07 Å². The highest BCUT2D eigenvalue weighted by molar-refractivity contribution is 5.87. The van der Waals surface area contributed by atoms with Gasteiger partial charge in [-0.15, -0.1) is 0 Å². The first kappa shape index (κ1) is 9.65. The number of carbonyl (C=O) groups excluding carboxylic acids is 1. The Morgan fingerprint density at radius 2 is 2.07 bits per heavy atom. The van der Waals surface area contributed by atoms with Crippen LogP contribution in [-0.2, 0) is 4.79 Å². The number of hydrogen-bond donors (Lipinski definition) is 0. The van der Waals surface area contributed by atoms with Gasteiger partial charge in [0.15, 0.2) is 0 Å². The zero-order valence-electron chi connectivity index (χ0n) is 8.65. The van der Waals surface area contributed by atoms with Crippen LogP contribution in [0.15, 0.2) is 30.3 Å². The van der Waals surface area contributed by atoms with Crippen LogP contribution in [0.1, 0.15) is 12.6 Å². The Balaban J connectivity index is 2.65. The summed E-state index contributed by atoms with van der Waals surface area (Å²) in [6.07, 6.45) is 0. The second-order valence-electron chi connectivity index (χ2n) is 3.37. The second kappa shape index (κ2) is 3.69. The molecule has 0 saturated heterocycles. The van der Waals surface area contributed by atoms with Crippen LogP contribution in [0, 0.1) is 6.92 Å². The summed E-state index contributed by atoms with van der Waals surface area (Å²) in [6.45, 7) is 3.27. The van der Waals surface area contributed by atoms with Crippen LogP contribution in [0.3, 0.4) is 0 Å². The highest BCUT2D eigenvalue weighted by Gasteiger charge is 2.06. The largest absolute Gasteiger partial charge is 0.426 e. The molecule has 0 unspecified atom stereocenters. The van der Waals surface area contributed by atoms with Gasteiger partial charge in [0, 0.05) is 24.1 Å². The molecule has 76 valence electrons. The van der Waals surface area contributed by atoms with Crippen molar-refractivity contribution in [3.05, 3.63) is 36.0 Å². The van der Waals surface area contributed by atoms with E-state index in [-0.39, 0.29) is 5.97 Å². The number of fused-ring (bicyclic) bond motifs is 1. The van der Waals surface area contributed by atoms with Crippen LogP contribution in [0.4, 0.5) is 0 Å². The number of esters is 1. The van der Waals surface area contributed by atoms with Crippen molar-refractivity contribution in [3.63, 3.8) is 0 Å². The molecule has 0 radical (unpaired) electrons. The fourth-order valence-electron chi connectivity index (χ4n) is 1.51. The predicted octanol–water partition coefficient (Wildman–Crippen LogP) is 2.47. The van der Waals surface area contributed by atoms with Gasteiger partial charge in [-0.1, -0.05) is 12.1 Å². The molecule has 3 heteroatoms. The average molecular weight is 201 g/mol. The number of nitrogens with zero attached hydrogens (tertiary/aromatic N) is 1. The third-order valence-corrected chi connectivity index (χ3v) is 2.06. The molecule has 0 N–H and O–H groups in total. The molecule has 0 aliphatic rings. The van der Waals surface area contributed by atoms with E-state index in [4.69, 9.17) is 4.74 Å². The van der Waals surface area contributed by atoms with Gasteiger partial charge in [-0.2, -0.15) is 0 Å². The molecule has 15 heavy (non-hydrogen) atoms. The first-order valence-electron chi connectivity index (χ1n) is 4.71. The van der Waals surface area contributed by atoms with Gasteiger partial charge in [0.25, 0.3) is 0 Å². The lowest BCUT2D eigenvalue weighted by molar-refractivity contribution is -0.131. The smallest absolute Gasteiger partial charge is 0.308 e. The van der Waals surface area contributed by atoms with Crippen LogP contribution in [0.2, 0.25) is 0 Å². The van der Waals surface area contributed by atoms with Gasteiger partial charge in [-0.3, -0.25) is 9.78 Å². The Hall–Kier alpha value is -1.90. The quantitative estimate of drug-likeness (QED) is 0.665. The first-order chi connectivity index (χ1) is 7.16. The molecule has 3 nitrogen and oxygen atoms in total. The maximum absolute atomic E-state index is 10.9. The zero-order chi connectivity index (χ0) is 10.8. The molecule has 0 amide bonds. The third-order valence-electron chi connectivity index (χ3n) is 2.06. The van der Waals surface area contributed by atoms with Crippen molar-refractivity contribution in [2.24, 2.45) is 0 Å². The number of carbonyl (C=O) groups is 1. The molecule has 0 saturated carbocycles. The number of rotatable bonds is 1. The van der Waals surface area contributed by atoms with E-state index in [9.17, 15) is 4.79 Å². The minimum absolute atomic E-state index is 0.314. The molecule has 0 aliphatic heterocycles. The summed E-state index contributed by atoms with van der Waals surface area (Å²) in [5, 5.41) is 0.860. The van der Waals surface area contributed by atoms with Crippen molar-refractivity contribution in [1.82, 2.24) is 4.98 Å². The lowest BCUT2D eigenvalue weighted by Crippen LogP contribution is -2.02. The van der Waals surface area contributed by atoms with Crippen molar-refractivity contribution < 1.29 is 9.53 Å². The SMILES string of the molecule is CC(=O)Oc1cc(C)nc2ccccc12. The summed E-state index contributed by atoms with van der Waals surface area (Å²) >= 11 is 0. The molecule has 0 atom stereocenters. The minimum atomic E-state index is -0.314. The van der Waals surface area contributed by atoms with Crippen LogP contribution in [0.25, 0.3) is 10.9 Å². The summed E-state index contributed by atoms with van der Waals surface area (Å²) in [7, 11) is 0. The topological polar surface area (TPSA) is 39.2 Å². The van der Waals surface area contributed by atoms with E-state index in [2.05, 4.69) is 4.98 Å². The maximum atomic E-state index is 10.9. The van der Waals surface area contributed by atoms with Gasteiger partial charge in [-0.25, -0.2) is 0 Å². The Morgan fingerprint density at radius 3 is 2.80 bits per heavy atom. The van der Waals surface area contributed by atoms with E-state index in [0.717, 1.165) is 16.6 Å². The molecular weight excluding hydrogens is 190 g/mol. The standard InChI is InChI=1S/C12H11NO2/c1-8-7-12(15-9(2)14)10-5-3-4-6-11(10)13-8/h3-7H,1-2H3. The highest BCUT2D eigenvalue weighted by atomic mass is 16.5. The lowest BCUT2D eigenvalue weighted by Gasteiger charge is -2.06. The van der Waals surface area contributed by atoms with Crippen molar-refractivity contribution in [2.75, 3.05) is 0 Å². The van der Waals surface area contributed by atoms with Gasteiger partial charge < -0.3 is 4.74 Å². The van der Waals surface area contributed by atoms with Gasteiger partial charge in [0.2, 0.25) is 0 Å². The Morgan fingerprint density at radius 1 is 1.33 bits per heavy atom. The second-order valence-corrected chi connectivity index (χ2v) is 3.37. The fourth-order valence-corrected chi connectivity index (χ4v) is 1.51. The van der Waals surface area contributed by atoms with Crippen LogP contribution in [0.5, 0.6) is 5.75 Å². The number of aryl methyl sites for hydroxylation is 1. The Kier molecular flexibility index (Phi) is 2.37. The molecule has 0 fully saturated rings. The maximum Gasteiger partial charge on any atom is 0.308 e. The van der Waals surface area contributed by atoms with E-state index in [1.807, 2.05) is 31.2 Å². The summed E-state index contributed by atoms with van der Waals surface area (Å²) in [5.74, 6) is 0.261. The molecule has 2 aromatic rings. The minimum Gasteiger partial charge on any atom is -0.426 e. The van der Waals surface area contributed by atoms with E-state index >= 15 is 0 Å². The van der Waals surface area contributed by atoms with Gasteiger partial charge in [-0.05, 0) is 19.1 Å². The molecule has 0 bridgehead atoms. The Labute approximate surface area is 87.7 Å². The number of ether oxygens (including phenoxy) is 1. The third kappa shape index (κ3) is 1.96. The Bertz CT molecular complexity index is 520. The number of pyridine rings is 1. The van der Waals surface area contributed by atoms with Crippen LogP contribution < -0.4 is 4.74 Å². The van der Waals surface area contributed by atoms with Gasteiger partial charge in [0.05, 0.1) is 5.52 Å². The van der Waals surface area contributed by atoms with E-state index in [1.165, 1.54) is 6.92 Å². The number of benzene rings is 1. The molecule has 1 heterocycles. The fraction of sp³-hybridized carbons (Fsp3) is 0.167. The lowest BCUT2D eigenvalue weighted by atomic mass is 10.2. The van der Waals surface area contributed by atoms with Crippen molar-refractivity contribution in [3.8, 4) is 5.75 Å². The van der Waals surface area contributed by atoms with Gasteiger partial charge >= 0.3 is 5.97 Å². The summed E-state index contributed by atoms with van der Waals surface area (Å²) in [4.78, 5) is 15.3. The van der Waals surface area contributed by atoms with Gasteiger partial charge in [0.1, 0.15) is 5.75 Å². The summed E-state index contributed by atoms with van der Waals surface area (Å²) in [6, 6.07) is 9.36. The number of aromatic nitrogens is 1. The highest BCUT2D eigenvalue weighted by Crippen LogP contribution is 2.25. The first-order valence-corrected chi connectivity index (χ1v) is 4.71. The molecule has 2 rings (SSSR count). The monoisotopic (exact) mass is 201 g/mol. The van der Waals surface area contributed by atoms with Crippen molar-refractivity contribution in [1.29, 1.82) is 0 Å². The van der Waals surface area contributed by atoms with Crippen LogP contribution in [-0.4, -0.2) is 11.0 Å². The molecule has 0 spiro atoms. The predicted molar refractivity (Wildman–Crippen MR) is 57.8 cm³/mol. The normalized spacial score (nSPS) is 10.3. The number of hydrogen-bond acceptors (Lipinski definition) is 3. The van der Waals surface area contributed by atoms with Crippen molar-refractivity contribution >= 4 is 16.9 Å². The van der Waals surface area contributed by atoms with Crippen LogP contribution >= 0.6 is 0 Å².